The number of hydrogen-bond donors (Lipinski definition) is 3. The van der Waals surface area contributed by atoms with E-state index in [4.69, 9.17) is 15.7 Å². The number of nitrogens with one attached hydrogen (secondary N) is 1. The van der Waals surface area contributed by atoms with Gasteiger partial charge in [-0.3, -0.25) is 4.79 Å². The maximum Gasteiger partial charge on any atom is 0.222 e. The van der Waals surface area contributed by atoms with E-state index in [0.29, 0.717) is 26.2 Å². The lowest BCUT2D eigenvalue weighted by Gasteiger charge is -2.10. The molecule has 0 saturated heterocycles. The normalized spacial score (nSPS) is 13.5. The minimum Gasteiger partial charge on any atom is -0.409 e. The zero-order chi connectivity index (χ0) is 12.4. The molecule has 0 aliphatic carbocycles. The fourth-order valence-corrected chi connectivity index (χ4v) is 0.970. The molecule has 0 bridgehead atoms. The average molecular weight is 231 g/mol. The molecular weight excluding hydrogens is 210 g/mol. The molecule has 6 heteroatoms. The number of carbonyl (C=O) groups is 1. The monoisotopic (exact) mass is 231 g/mol. The Hall–Kier alpha value is -1.30. The van der Waals surface area contributed by atoms with Crippen LogP contribution in [0.3, 0.4) is 0 Å². The van der Waals surface area contributed by atoms with Crippen LogP contribution in [0.4, 0.5) is 0 Å². The maximum absolute atomic E-state index is 11.3. The van der Waals surface area contributed by atoms with Crippen LogP contribution in [0.2, 0.25) is 0 Å². The summed E-state index contributed by atoms with van der Waals surface area (Å²) >= 11 is 0. The Bertz CT molecular complexity index is 231. The lowest BCUT2D eigenvalue weighted by molar-refractivity contribution is -0.122. The van der Waals surface area contributed by atoms with Crippen molar-refractivity contribution < 1.29 is 14.7 Å². The van der Waals surface area contributed by atoms with E-state index in [9.17, 15) is 4.79 Å². The van der Waals surface area contributed by atoms with Crippen molar-refractivity contribution in [1.82, 2.24) is 5.32 Å². The highest BCUT2D eigenvalue weighted by Crippen LogP contribution is 1.93. The molecule has 0 aromatic carbocycles. The van der Waals surface area contributed by atoms with E-state index in [-0.39, 0.29) is 17.7 Å². The summed E-state index contributed by atoms with van der Waals surface area (Å²) in [6, 6.07) is 0. The predicted molar refractivity (Wildman–Crippen MR) is 61.3 cm³/mol. The average Bonchev–Trinajstić information content (AvgIpc) is 2.30. The largest absolute Gasteiger partial charge is 0.409 e. The first-order valence-corrected chi connectivity index (χ1v) is 5.43. The SMILES string of the molecule is CCCOCCC(=O)NCC(C)C(N)=NO. The van der Waals surface area contributed by atoms with Gasteiger partial charge >= 0.3 is 0 Å². The number of nitrogens with zero attached hydrogens (tertiary/aromatic N) is 1. The standard InChI is InChI=1S/C10H21N3O3/c1-3-5-16-6-4-9(14)12-7-8(2)10(11)13-15/h8,15H,3-7H2,1-2H3,(H2,11,13)(H,12,14). The van der Waals surface area contributed by atoms with Crippen molar-refractivity contribution in [1.29, 1.82) is 0 Å². The second-order valence-corrected chi connectivity index (χ2v) is 3.59. The first kappa shape index (κ1) is 14.7. The molecule has 0 fully saturated rings. The Kier molecular flexibility index (Phi) is 8.24. The van der Waals surface area contributed by atoms with Crippen molar-refractivity contribution in [2.45, 2.75) is 26.7 Å². The molecular formula is C10H21N3O3. The fourth-order valence-electron chi connectivity index (χ4n) is 0.970. The van der Waals surface area contributed by atoms with E-state index in [0.717, 1.165) is 6.42 Å². The highest BCUT2D eigenvalue weighted by atomic mass is 16.5. The number of amides is 1. The van der Waals surface area contributed by atoms with E-state index >= 15 is 0 Å². The van der Waals surface area contributed by atoms with Gasteiger partial charge in [-0.05, 0) is 6.42 Å². The highest BCUT2D eigenvalue weighted by molar-refractivity contribution is 5.83. The Morgan fingerprint density at radius 2 is 2.25 bits per heavy atom. The van der Waals surface area contributed by atoms with Crippen LogP contribution in [-0.2, 0) is 9.53 Å². The molecule has 16 heavy (non-hydrogen) atoms. The van der Waals surface area contributed by atoms with Crippen molar-refractivity contribution in [3.05, 3.63) is 0 Å². The number of rotatable bonds is 8. The van der Waals surface area contributed by atoms with Crippen LogP contribution in [0.25, 0.3) is 0 Å². The van der Waals surface area contributed by atoms with Gasteiger partial charge < -0.3 is 21.0 Å². The quantitative estimate of drug-likeness (QED) is 0.184. The van der Waals surface area contributed by atoms with E-state index in [2.05, 4.69) is 10.5 Å². The van der Waals surface area contributed by atoms with Crippen molar-refractivity contribution in [2.75, 3.05) is 19.8 Å². The predicted octanol–water partition coefficient (Wildman–Crippen LogP) is 0.302. The summed E-state index contributed by atoms with van der Waals surface area (Å²) in [5.41, 5.74) is 5.37. The van der Waals surface area contributed by atoms with E-state index in [1.54, 1.807) is 6.92 Å². The van der Waals surface area contributed by atoms with Crippen molar-refractivity contribution in [2.24, 2.45) is 16.8 Å². The van der Waals surface area contributed by atoms with Crippen molar-refractivity contribution in [3.8, 4) is 0 Å². The number of oxime groups is 1. The molecule has 0 aromatic rings. The summed E-state index contributed by atoms with van der Waals surface area (Å²) in [5, 5.41) is 14.0. The Morgan fingerprint density at radius 3 is 2.81 bits per heavy atom. The first-order valence-electron chi connectivity index (χ1n) is 5.43. The zero-order valence-electron chi connectivity index (χ0n) is 9.90. The van der Waals surface area contributed by atoms with Gasteiger partial charge in [0.15, 0.2) is 0 Å². The highest BCUT2D eigenvalue weighted by Gasteiger charge is 2.09. The third kappa shape index (κ3) is 7.05. The number of ether oxygens (including phenoxy) is 1. The second kappa shape index (κ2) is 8.96. The minimum absolute atomic E-state index is 0.0892. The lowest BCUT2D eigenvalue weighted by atomic mass is 10.1. The Morgan fingerprint density at radius 1 is 1.56 bits per heavy atom. The molecule has 0 aliphatic heterocycles. The van der Waals surface area contributed by atoms with Crippen LogP contribution in [0.5, 0.6) is 0 Å². The summed E-state index contributed by atoms with van der Waals surface area (Å²) < 4.78 is 5.18. The number of hydrogen-bond acceptors (Lipinski definition) is 4. The first-order chi connectivity index (χ1) is 7.61. The molecule has 4 N–H and O–H groups in total. The van der Waals surface area contributed by atoms with Gasteiger partial charge in [0.2, 0.25) is 5.91 Å². The Labute approximate surface area is 95.8 Å². The van der Waals surface area contributed by atoms with Crippen molar-refractivity contribution in [3.63, 3.8) is 0 Å². The molecule has 0 aromatic heterocycles. The van der Waals surface area contributed by atoms with Crippen LogP contribution < -0.4 is 11.1 Å². The number of nitrogens with two attached hydrogens (primary N) is 1. The van der Waals surface area contributed by atoms with Crippen molar-refractivity contribution >= 4 is 11.7 Å². The second-order valence-electron chi connectivity index (χ2n) is 3.59. The number of amidine groups is 1. The van der Waals surface area contributed by atoms with E-state index in [1.807, 2.05) is 6.92 Å². The molecule has 0 aliphatic rings. The molecule has 0 rings (SSSR count). The van der Waals surface area contributed by atoms with Gasteiger partial charge in [0.25, 0.3) is 0 Å². The fraction of sp³-hybridized carbons (Fsp3) is 0.800. The van der Waals surface area contributed by atoms with Crippen LogP contribution >= 0.6 is 0 Å². The van der Waals surface area contributed by atoms with Crippen LogP contribution in [0.15, 0.2) is 5.16 Å². The number of carbonyl (C=O) groups excluding carboxylic acids is 1. The van der Waals surface area contributed by atoms with Gasteiger partial charge in [-0.2, -0.15) is 0 Å². The third-order valence-electron chi connectivity index (χ3n) is 2.05. The zero-order valence-corrected chi connectivity index (χ0v) is 9.90. The van der Waals surface area contributed by atoms with Crippen LogP contribution in [0, 0.1) is 5.92 Å². The van der Waals surface area contributed by atoms with Gasteiger partial charge in [0.05, 0.1) is 6.61 Å². The molecule has 0 radical (unpaired) electrons. The smallest absolute Gasteiger partial charge is 0.222 e. The van der Waals surface area contributed by atoms with Gasteiger partial charge in [-0.25, -0.2) is 0 Å². The van der Waals surface area contributed by atoms with Gasteiger partial charge in [0, 0.05) is 25.5 Å². The summed E-state index contributed by atoms with van der Waals surface area (Å²) in [6.07, 6.45) is 1.28. The van der Waals surface area contributed by atoms with E-state index in [1.165, 1.54) is 0 Å². The van der Waals surface area contributed by atoms with Gasteiger partial charge in [-0.15, -0.1) is 0 Å². The minimum atomic E-state index is -0.175. The lowest BCUT2D eigenvalue weighted by Crippen LogP contribution is -2.35. The molecule has 1 unspecified atom stereocenters. The summed E-state index contributed by atoms with van der Waals surface area (Å²) in [5.74, 6) is -0.151. The summed E-state index contributed by atoms with van der Waals surface area (Å²) in [4.78, 5) is 11.3. The molecule has 0 saturated carbocycles. The summed E-state index contributed by atoms with van der Waals surface area (Å²) in [7, 11) is 0. The van der Waals surface area contributed by atoms with Crippen LogP contribution in [0.1, 0.15) is 26.7 Å². The molecule has 6 nitrogen and oxygen atoms in total. The molecule has 0 heterocycles. The molecule has 1 amide bonds. The van der Waals surface area contributed by atoms with E-state index < -0.39 is 0 Å². The topological polar surface area (TPSA) is 96.9 Å². The summed E-state index contributed by atoms with van der Waals surface area (Å²) in [6.45, 7) is 5.25. The maximum atomic E-state index is 11.3. The Balaban J connectivity index is 3.57. The molecule has 1 atom stereocenters. The molecule has 94 valence electrons. The molecule has 0 spiro atoms. The third-order valence-corrected chi connectivity index (χ3v) is 2.05. The van der Waals surface area contributed by atoms with Gasteiger partial charge in [-0.1, -0.05) is 19.0 Å². The van der Waals surface area contributed by atoms with Gasteiger partial charge in [0.1, 0.15) is 5.84 Å². The van der Waals surface area contributed by atoms with Crippen LogP contribution in [-0.4, -0.2) is 36.7 Å².